The van der Waals surface area contributed by atoms with E-state index >= 15 is 0 Å². The second kappa shape index (κ2) is 7.95. The highest BCUT2D eigenvalue weighted by Crippen LogP contribution is 2.31. The molecule has 1 aliphatic carbocycles. The van der Waals surface area contributed by atoms with E-state index < -0.39 is 0 Å². The smallest absolute Gasteiger partial charge is 0.263 e. The Morgan fingerprint density at radius 3 is 3.00 bits per heavy atom. The summed E-state index contributed by atoms with van der Waals surface area (Å²) >= 11 is 0. The Hall–Kier alpha value is -2.54. The molecule has 2 atom stereocenters. The van der Waals surface area contributed by atoms with Gasteiger partial charge in [0.05, 0.1) is 0 Å². The zero-order valence-corrected chi connectivity index (χ0v) is 17.5. The summed E-state index contributed by atoms with van der Waals surface area (Å²) in [4.78, 5) is 35.0. The van der Waals surface area contributed by atoms with Gasteiger partial charge in [0.1, 0.15) is 11.4 Å². The molecule has 0 aromatic carbocycles. The lowest BCUT2D eigenvalue weighted by molar-refractivity contribution is 0.0951. The molecule has 1 saturated heterocycles. The maximum atomic E-state index is 13.0. The second-order valence-electron chi connectivity index (χ2n) is 8.91. The van der Waals surface area contributed by atoms with E-state index in [4.69, 9.17) is 4.98 Å². The molecule has 2 N–H and O–H groups in total. The first-order valence-electron chi connectivity index (χ1n) is 11.2. The van der Waals surface area contributed by atoms with Gasteiger partial charge in [0.2, 0.25) is 0 Å². The maximum absolute atomic E-state index is 13.0. The van der Waals surface area contributed by atoms with Crippen molar-refractivity contribution in [2.45, 2.75) is 57.9 Å². The van der Waals surface area contributed by atoms with Crippen LogP contribution < -0.4 is 16.2 Å². The van der Waals surface area contributed by atoms with Gasteiger partial charge in [-0.25, -0.2) is 9.97 Å². The molecule has 0 spiro atoms. The average Bonchev–Trinajstić information content (AvgIpc) is 2.75. The lowest BCUT2D eigenvalue weighted by Gasteiger charge is -2.37. The van der Waals surface area contributed by atoms with E-state index in [1.54, 1.807) is 6.07 Å². The summed E-state index contributed by atoms with van der Waals surface area (Å²) in [6.45, 7) is 5.02. The van der Waals surface area contributed by atoms with Crippen molar-refractivity contribution in [3.63, 3.8) is 0 Å². The maximum Gasteiger partial charge on any atom is 0.263 e. The van der Waals surface area contributed by atoms with Crippen molar-refractivity contribution in [3.05, 3.63) is 56.5 Å². The third kappa shape index (κ3) is 3.55. The summed E-state index contributed by atoms with van der Waals surface area (Å²) in [5, 5.41) is 6.34. The Morgan fingerprint density at radius 2 is 2.10 bits per heavy atom. The molecule has 2 aromatic rings. The lowest BCUT2D eigenvalue weighted by atomic mass is 9.84. The zero-order valence-electron chi connectivity index (χ0n) is 17.5. The standard InChI is InChI=1S/C23H29N5O2/c1-14-17-4-2-3-5-19(17)27-21(26-14)8-9-25-22(29)18-6-7-20-16-10-15(11-24-12-16)13-28(20)23(18)30/h6-7,15-16,24H,2-5,8-13H2,1H3,(H,25,29)/t15-,16+/m0/s1. The quantitative estimate of drug-likeness (QED) is 0.802. The molecule has 7 heteroatoms. The van der Waals surface area contributed by atoms with Gasteiger partial charge in [0, 0.05) is 49.1 Å². The Balaban J connectivity index is 1.27. The van der Waals surface area contributed by atoms with E-state index in [1.807, 2.05) is 17.6 Å². The van der Waals surface area contributed by atoms with Crippen LogP contribution in [0, 0.1) is 12.8 Å². The van der Waals surface area contributed by atoms with Crippen LogP contribution in [0.25, 0.3) is 0 Å². The number of carbonyl (C=O) groups excluding carboxylic acids is 1. The van der Waals surface area contributed by atoms with E-state index in [0.717, 1.165) is 49.6 Å². The number of amides is 1. The number of aryl methyl sites for hydroxylation is 2. The molecule has 1 fully saturated rings. The summed E-state index contributed by atoms with van der Waals surface area (Å²) in [6, 6.07) is 3.65. The van der Waals surface area contributed by atoms with Gasteiger partial charge in [-0.15, -0.1) is 0 Å². The molecule has 0 unspecified atom stereocenters. The highest BCUT2D eigenvalue weighted by atomic mass is 16.2. The van der Waals surface area contributed by atoms with Crippen molar-refractivity contribution in [2.24, 2.45) is 5.92 Å². The molecular formula is C23H29N5O2. The fourth-order valence-electron chi connectivity index (χ4n) is 5.30. The SMILES string of the molecule is Cc1nc(CCNC(=O)c2ccc3n(c2=O)C[C@@H]2CNC[C@H]3C2)nc2c1CCCC2. The molecule has 4 heterocycles. The molecule has 0 saturated carbocycles. The molecule has 5 rings (SSSR count). The van der Waals surface area contributed by atoms with E-state index in [0.29, 0.717) is 31.3 Å². The Morgan fingerprint density at radius 1 is 1.23 bits per heavy atom. The van der Waals surface area contributed by atoms with Gasteiger partial charge < -0.3 is 15.2 Å². The highest BCUT2D eigenvalue weighted by molar-refractivity contribution is 5.93. The molecule has 7 nitrogen and oxygen atoms in total. The van der Waals surface area contributed by atoms with Crippen LogP contribution in [0.4, 0.5) is 0 Å². The van der Waals surface area contributed by atoms with Gasteiger partial charge in [-0.05, 0) is 69.2 Å². The van der Waals surface area contributed by atoms with Crippen LogP contribution >= 0.6 is 0 Å². The third-order valence-electron chi connectivity index (χ3n) is 6.82. The van der Waals surface area contributed by atoms with E-state index in [-0.39, 0.29) is 17.0 Å². The normalized spacial score (nSPS) is 22.2. The number of piperidine rings is 1. The lowest BCUT2D eigenvalue weighted by Crippen LogP contribution is -2.46. The minimum absolute atomic E-state index is 0.164. The number of fused-ring (bicyclic) bond motifs is 5. The van der Waals surface area contributed by atoms with Gasteiger partial charge in [0.15, 0.2) is 0 Å². The van der Waals surface area contributed by atoms with Crippen LogP contribution in [0.2, 0.25) is 0 Å². The van der Waals surface area contributed by atoms with E-state index in [2.05, 4.69) is 15.6 Å². The van der Waals surface area contributed by atoms with Crippen LogP contribution in [0.5, 0.6) is 0 Å². The summed E-state index contributed by atoms with van der Waals surface area (Å²) in [6.07, 6.45) is 6.17. The third-order valence-corrected chi connectivity index (χ3v) is 6.82. The number of nitrogens with zero attached hydrogens (tertiary/aromatic N) is 3. The number of pyridine rings is 1. The fourth-order valence-corrected chi connectivity index (χ4v) is 5.30. The highest BCUT2D eigenvalue weighted by Gasteiger charge is 2.31. The number of hydrogen-bond acceptors (Lipinski definition) is 5. The van der Waals surface area contributed by atoms with Crippen LogP contribution in [0.15, 0.2) is 16.9 Å². The minimum Gasteiger partial charge on any atom is -0.351 e. The zero-order chi connectivity index (χ0) is 20.7. The van der Waals surface area contributed by atoms with Gasteiger partial charge in [-0.3, -0.25) is 9.59 Å². The predicted molar refractivity (Wildman–Crippen MR) is 114 cm³/mol. The number of hydrogen-bond donors (Lipinski definition) is 2. The van der Waals surface area contributed by atoms with Crippen molar-refractivity contribution in [1.82, 2.24) is 25.2 Å². The molecule has 2 bridgehead atoms. The van der Waals surface area contributed by atoms with E-state index in [1.165, 1.54) is 24.1 Å². The van der Waals surface area contributed by atoms with Gasteiger partial charge >= 0.3 is 0 Å². The van der Waals surface area contributed by atoms with E-state index in [9.17, 15) is 9.59 Å². The summed E-state index contributed by atoms with van der Waals surface area (Å²) in [5.74, 6) is 1.30. The summed E-state index contributed by atoms with van der Waals surface area (Å²) in [5.41, 5.74) is 4.66. The first kappa shape index (κ1) is 19.4. The molecular weight excluding hydrogens is 378 g/mol. The molecule has 158 valence electrons. The molecule has 2 aliphatic heterocycles. The second-order valence-corrected chi connectivity index (χ2v) is 8.91. The summed E-state index contributed by atoms with van der Waals surface area (Å²) < 4.78 is 1.82. The largest absolute Gasteiger partial charge is 0.351 e. The van der Waals surface area contributed by atoms with Crippen LogP contribution in [-0.2, 0) is 25.8 Å². The van der Waals surface area contributed by atoms with Crippen molar-refractivity contribution in [1.29, 1.82) is 0 Å². The Bertz CT molecular complexity index is 1040. The van der Waals surface area contributed by atoms with Gasteiger partial charge in [-0.1, -0.05) is 0 Å². The number of rotatable bonds is 4. The fraction of sp³-hybridized carbons (Fsp3) is 0.565. The Kier molecular flexibility index (Phi) is 5.15. The van der Waals surface area contributed by atoms with Crippen molar-refractivity contribution in [3.8, 4) is 0 Å². The monoisotopic (exact) mass is 407 g/mol. The molecule has 0 radical (unpaired) electrons. The molecule has 30 heavy (non-hydrogen) atoms. The van der Waals surface area contributed by atoms with Crippen molar-refractivity contribution < 1.29 is 4.79 Å². The van der Waals surface area contributed by atoms with Crippen LogP contribution in [0.1, 0.15) is 64.0 Å². The van der Waals surface area contributed by atoms with Gasteiger partial charge in [-0.2, -0.15) is 0 Å². The molecule has 3 aliphatic rings. The predicted octanol–water partition coefficient (Wildman–Crippen LogP) is 1.50. The summed E-state index contributed by atoms with van der Waals surface area (Å²) in [7, 11) is 0. The number of aromatic nitrogens is 3. The van der Waals surface area contributed by atoms with Crippen LogP contribution in [-0.4, -0.2) is 40.1 Å². The number of carbonyl (C=O) groups is 1. The molecule has 2 aromatic heterocycles. The number of nitrogens with one attached hydrogen (secondary N) is 2. The Labute approximate surface area is 176 Å². The van der Waals surface area contributed by atoms with Crippen molar-refractivity contribution >= 4 is 5.91 Å². The minimum atomic E-state index is -0.307. The molecule has 1 amide bonds. The first-order chi connectivity index (χ1) is 14.6. The van der Waals surface area contributed by atoms with Gasteiger partial charge in [0.25, 0.3) is 11.5 Å². The van der Waals surface area contributed by atoms with Crippen molar-refractivity contribution in [2.75, 3.05) is 19.6 Å². The first-order valence-corrected chi connectivity index (χ1v) is 11.2. The topological polar surface area (TPSA) is 88.9 Å². The van der Waals surface area contributed by atoms with Crippen LogP contribution in [0.3, 0.4) is 0 Å². The average molecular weight is 408 g/mol.